The molecule has 0 rings (SSSR count). The zero-order chi connectivity index (χ0) is 58.4. The molecule has 0 heterocycles. The van der Waals surface area contributed by atoms with Crippen LogP contribution in [0.4, 0.5) is 0 Å². The fourth-order valence-corrected chi connectivity index (χ4v) is 10.6. The lowest BCUT2D eigenvalue weighted by atomic mass is 10.0. The summed E-state index contributed by atoms with van der Waals surface area (Å²) in [5.74, 6) is -0.162. The third kappa shape index (κ3) is 63.3. The molecule has 1 amide bonds. The Morgan fingerprint density at radius 3 is 1.11 bits per heavy atom. The third-order valence-corrected chi connectivity index (χ3v) is 16.1. The number of nitrogens with one attached hydrogen (secondary N) is 1. The quantitative estimate of drug-likeness (QED) is 0.0272. The highest BCUT2D eigenvalue weighted by Gasteiger charge is 2.24. The lowest BCUT2D eigenvalue weighted by molar-refractivity contribution is -0.870. The summed E-state index contributed by atoms with van der Waals surface area (Å²) in [4.78, 5) is 25.6. The molecule has 0 spiro atoms. The zero-order valence-corrected chi connectivity index (χ0v) is 54.2. The average molecular weight is 1140 g/mol. The fourth-order valence-electron chi connectivity index (χ4n) is 9.91. The maximum Gasteiger partial charge on any atom is 0.268 e. The van der Waals surface area contributed by atoms with Crippen LogP contribution in [0.1, 0.15) is 309 Å². The first-order chi connectivity index (χ1) is 39.0. The van der Waals surface area contributed by atoms with Crippen LogP contribution in [-0.4, -0.2) is 68.5 Å². The normalized spacial score (nSPS) is 14.2. The van der Waals surface area contributed by atoms with E-state index < -0.39 is 20.0 Å². The van der Waals surface area contributed by atoms with E-state index in [9.17, 15) is 19.4 Å². The summed E-state index contributed by atoms with van der Waals surface area (Å²) in [5, 5.41) is 14.1. The standard InChI is InChI=1S/C71H131N2O6P/c1-6-8-10-12-14-16-18-20-22-24-26-27-28-29-30-31-32-33-34-35-36-37-38-39-40-41-42-43-44-45-47-49-51-53-55-57-59-61-63-65-71(75)72-69(68-79-80(76,77)78-67-66-73(3,4)5)70(74)64-62-60-58-56-54-52-50-48-46-25-23-21-19-17-15-13-11-9-7-2/h8,10,14,16,20,22,26-27,29-30,32-33,35-36,69-70,74H,6-7,9,11-13,15,17-19,21,23-25,28,31,34,37-68H2,1-5H3,(H-,72,75,76,77)/b10-8-,16-14-,22-20-,27-26-,30-29-,33-32-,36-35-. The number of aliphatic hydroxyl groups excluding tert-OH is 1. The second kappa shape index (κ2) is 61.2. The Kier molecular flexibility index (Phi) is 59.5. The van der Waals surface area contributed by atoms with E-state index in [0.29, 0.717) is 23.9 Å². The van der Waals surface area contributed by atoms with E-state index in [1.165, 1.54) is 199 Å². The van der Waals surface area contributed by atoms with E-state index in [4.69, 9.17) is 9.05 Å². The second-order valence-electron chi connectivity index (χ2n) is 24.2. The van der Waals surface area contributed by atoms with Gasteiger partial charge in [-0.05, 0) is 70.6 Å². The number of carbonyl (C=O) groups excluding carboxylic acids is 1. The van der Waals surface area contributed by atoms with Crippen molar-refractivity contribution in [2.75, 3.05) is 40.9 Å². The molecule has 9 heteroatoms. The van der Waals surface area contributed by atoms with Gasteiger partial charge in [-0.15, -0.1) is 0 Å². The Morgan fingerprint density at radius 2 is 0.762 bits per heavy atom. The summed E-state index contributed by atoms with van der Waals surface area (Å²) in [7, 11) is 1.31. The Labute approximate surface area is 497 Å². The first kappa shape index (κ1) is 77.7. The lowest BCUT2D eigenvalue weighted by Crippen LogP contribution is -2.46. The van der Waals surface area contributed by atoms with Crippen molar-refractivity contribution in [3.8, 4) is 0 Å². The van der Waals surface area contributed by atoms with Gasteiger partial charge in [0.2, 0.25) is 5.91 Å². The number of phosphoric ester groups is 1. The van der Waals surface area contributed by atoms with Crippen molar-refractivity contribution >= 4 is 13.7 Å². The van der Waals surface area contributed by atoms with Crippen molar-refractivity contribution in [3.05, 3.63) is 85.1 Å². The Bertz CT molecular complexity index is 1580. The molecule has 466 valence electrons. The highest BCUT2D eigenvalue weighted by atomic mass is 31.2. The van der Waals surface area contributed by atoms with Gasteiger partial charge in [0.05, 0.1) is 39.9 Å². The van der Waals surface area contributed by atoms with Gasteiger partial charge >= 0.3 is 0 Å². The molecular formula is C71H131N2O6P. The molecule has 0 radical (unpaired) electrons. The number of rotatable bonds is 62. The summed E-state index contributed by atoms with van der Waals surface area (Å²) < 4.78 is 23.5. The molecule has 8 nitrogen and oxygen atoms in total. The summed E-state index contributed by atoms with van der Waals surface area (Å²) in [6.45, 7) is 4.64. The molecule has 0 aromatic heterocycles. The summed E-state index contributed by atoms with van der Waals surface area (Å²) >= 11 is 0. The first-order valence-electron chi connectivity index (χ1n) is 33.9. The number of allylic oxidation sites excluding steroid dienone is 14. The van der Waals surface area contributed by atoms with Gasteiger partial charge in [0.25, 0.3) is 7.82 Å². The fraction of sp³-hybridized carbons (Fsp3) is 0.789. The van der Waals surface area contributed by atoms with Gasteiger partial charge in [-0.2, -0.15) is 0 Å². The van der Waals surface area contributed by atoms with Gasteiger partial charge in [-0.25, -0.2) is 0 Å². The molecule has 0 aromatic carbocycles. The van der Waals surface area contributed by atoms with Crippen LogP contribution in [0, 0.1) is 0 Å². The van der Waals surface area contributed by atoms with Gasteiger partial charge in [-0.1, -0.05) is 317 Å². The minimum Gasteiger partial charge on any atom is -0.756 e. The number of nitrogens with zero attached hydrogens (tertiary/aromatic N) is 1. The number of carbonyl (C=O) groups is 1. The van der Waals surface area contributed by atoms with Crippen molar-refractivity contribution in [1.82, 2.24) is 5.32 Å². The Hall–Kier alpha value is -2.32. The molecular weight excluding hydrogens is 1010 g/mol. The number of phosphoric acid groups is 1. The number of hydrogen-bond donors (Lipinski definition) is 2. The number of amides is 1. The van der Waals surface area contributed by atoms with Crippen LogP contribution >= 0.6 is 7.82 Å². The monoisotopic (exact) mass is 1140 g/mol. The topological polar surface area (TPSA) is 108 Å². The first-order valence-corrected chi connectivity index (χ1v) is 35.4. The van der Waals surface area contributed by atoms with Crippen LogP contribution in [0.2, 0.25) is 0 Å². The molecule has 80 heavy (non-hydrogen) atoms. The molecule has 3 atom stereocenters. The molecule has 0 aliphatic rings. The van der Waals surface area contributed by atoms with Crippen molar-refractivity contribution in [3.63, 3.8) is 0 Å². The highest BCUT2D eigenvalue weighted by Crippen LogP contribution is 2.38. The van der Waals surface area contributed by atoms with Crippen molar-refractivity contribution in [2.45, 2.75) is 321 Å². The zero-order valence-electron chi connectivity index (χ0n) is 53.3. The lowest BCUT2D eigenvalue weighted by Gasteiger charge is -2.30. The molecule has 0 fully saturated rings. The molecule has 3 unspecified atom stereocenters. The van der Waals surface area contributed by atoms with Crippen LogP contribution in [-0.2, 0) is 18.4 Å². The largest absolute Gasteiger partial charge is 0.756 e. The number of quaternary nitrogens is 1. The van der Waals surface area contributed by atoms with Crippen LogP contribution in [0.25, 0.3) is 0 Å². The predicted molar refractivity (Wildman–Crippen MR) is 348 cm³/mol. The number of unbranched alkanes of at least 4 members (excludes halogenated alkanes) is 35. The molecule has 0 saturated heterocycles. The van der Waals surface area contributed by atoms with Crippen LogP contribution < -0.4 is 10.2 Å². The van der Waals surface area contributed by atoms with Gasteiger partial charge in [0, 0.05) is 6.42 Å². The molecule has 0 aliphatic heterocycles. The van der Waals surface area contributed by atoms with Crippen molar-refractivity contribution in [1.29, 1.82) is 0 Å². The Morgan fingerprint density at radius 1 is 0.450 bits per heavy atom. The van der Waals surface area contributed by atoms with E-state index in [0.717, 1.165) is 83.5 Å². The maximum absolute atomic E-state index is 13.0. The van der Waals surface area contributed by atoms with Crippen molar-refractivity contribution < 1.29 is 32.9 Å². The Balaban J connectivity index is 3.99. The van der Waals surface area contributed by atoms with Gasteiger partial charge < -0.3 is 28.8 Å². The predicted octanol–water partition coefficient (Wildman–Crippen LogP) is 20.9. The van der Waals surface area contributed by atoms with Gasteiger partial charge in [0.15, 0.2) is 0 Å². The smallest absolute Gasteiger partial charge is 0.268 e. The number of likely N-dealkylation sites (N-methyl/N-ethyl adjacent to an activating group) is 1. The minimum atomic E-state index is -4.58. The molecule has 0 bridgehead atoms. The van der Waals surface area contributed by atoms with E-state index in [1.54, 1.807) is 0 Å². The summed E-state index contributed by atoms with van der Waals surface area (Å²) in [6, 6.07) is -0.804. The van der Waals surface area contributed by atoms with Gasteiger partial charge in [-0.3, -0.25) is 9.36 Å². The van der Waals surface area contributed by atoms with Crippen LogP contribution in [0.3, 0.4) is 0 Å². The van der Waals surface area contributed by atoms with E-state index in [1.807, 2.05) is 21.1 Å². The van der Waals surface area contributed by atoms with E-state index in [2.05, 4.69) is 104 Å². The average Bonchev–Trinajstić information content (AvgIpc) is 3.42. The highest BCUT2D eigenvalue weighted by molar-refractivity contribution is 7.45. The van der Waals surface area contributed by atoms with Crippen LogP contribution in [0.15, 0.2) is 85.1 Å². The maximum atomic E-state index is 13.0. The van der Waals surface area contributed by atoms with E-state index >= 15 is 0 Å². The summed E-state index contributed by atoms with van der Waals surface area (Å²) in [6.07, 6.45) is 86.5. The van der Waals surface area contributed by atoms with Crippen LogP contribution in [0.5, 0.6) is 0 Å². The molecule has 0 aromatic rings. The molecule has 2 N–H and O–H groups in total. The number of hydrogen-bond acceptors (Lipinski definition) is 6. The minimum absolute atomic E-state index is 0.0115. The molecule has 0 saturated carbocycles. The molecule has 0 aliphatic carbocycles. The van der Waals surface area contributed by atoms with Gasteiger partial charge in [0.1, 0.15) is 13.2 Å². The third-order valence-electron chi connectivity index (χ3n) is 15.1. The van der Waals surface area contributed by atoms with E-state index in [-0.39, 0.29) is 19.1 Å². The summed E-state index contributed by atoms with van der Waals surface area (Å²) in [5.41, 5.74) is 0. The second-order valence-corrected chi connectivity index (χ2v) is 25.6. The SMILES string of the molecule is CC/C=C\C/C=C\C/C=C\C/C=C\C/C=C\C/C=C\C/C=C\CCCCCCCCCCCCCCCCCCCC(=O)NC(COP(=O)([O-])OCC[N+](C)(C)C)C(O)CCCCCCCCCCCCCCCCCCCCC. The number of aliphatic hydroxyl groups is 1. The van der Waals surface area contributed by atoms with Crippen molar-refractivity contribution in [2.24, 2.45) is 0 Å².